The number of aromatic nitrogens is 3. The Labute approximate surface area is 146 Å². The molecule has 25 heavy (non-hydrogen) atoms. The van der Waals surface area contributed by atoms with E-state index in [2.05, 4.69) is 18.8 Å². The van der Waals surface area contributed by atoms with Gasteiger partial charge in [0, 0.05) is 17.7 Å². The largest absolute Gasteiger partial charge is 0.495 e. The quantitative estimate of drug-likeness (QED) is 0.746. The monoisotopic (exact) mass is 339 g/mol. The first-order valence-electron chi connectivity index (χ1n) is 8.21. The van der Waals surface area contributed by atoms with Gasteiger partial charge in [0.05, 0.1) is 24.5 Å². The van der Waals surface area contributed by atoms with Crippen LogP contribution in [-0.2, 0) is 12.8 Å². The van der Waals surface area contributed by atoms with Crippen molar-refractivity contribution in [3.05, 3.63) is 59.2 Å². The predicted molar refractivity (Wildman–Crippen MR) is 94.3 cm³/mol. The summed E-state index contributed by atoms with van der Waals surface area (Å²) in [6.07, 6.45) is 3.24. The summed E-state index contributed by atoms with van der Waals surface area (Å²) >= 11 is 0. The van der Waals surface area contributed by atoms with Gasteiger partial charge in [-0.1, -0.05) is 19.9 Å². The molecule has 3 rings (SSSR count). The number of ether oxygens (including phenoxy) is 1. The van der Waals surface area contributed by atoms with Crippen molar-refractivity contribution in [1.29, 1.82) is 0 Å². The molecule has 0 atom stereocenters. The molecule has 130 valence electrons. The van der Waals surface area contributed by atoms with Crippen LogP contribution in [0.2, 0.25) is 0 Å². The van der Waals surface area contributed by atoms with Crippen molar-refractivity contribution in [2.75, 3.05) is 7.11 Å². The van der Waals surface area contributed by atoms with Crippen molar-refractivity contribution in [3.63, 3.8) is 0 Å². The number of aromatic carboxylic acids is 1. The van der Waals surface area contributed by atoms with E-state index >= 15 is 0 Å². The summed E-state index contributed by atoms with van der Waals surface area (Å²) in [5.74, 6) is 0.182. The molecule has 1 N–H and O–H groups in total. The third-order valence-electron chi connectivity index (χ3n) is 4.01. The predicted octanol–water partition coefficient (Wildman–Crippen LogP) is 3.23. The Morgan fingerprint density at radius 1 is 1.28 bits per heavy atom. The molecule has 3 aromatic rings. The number of carboxylic acids is 1. The topological polar surface area (TPSA) is 76.7 Å². The molecule has 3 heterocycles. The molecule has 0 saturated heterocycles. The number of hydrogen-bond acceptors (Lipinski definition) is 4. The minimum Gasteiger partial charge on any atom is -0.495 e. The summed E-state index contributed by atoms with van der Waals surface area (Å²) in [6.45, 7) is 4.30. The standard InChI is InChI=1S/C19H21N3O3/c1-12(2)9-17-15(10-13-5-4-6-16(20-13)19(23)24)18-8-7-14(25-3)11-22(18)21-17/h4-8,11-12H,9-10H2,1-3H3,(H,23,24). The van der Waals surface area contributed by atoms with Gasteiger partial charge in [0.15, 0.2) is 0 Å². The van der Waals surface area contributed by atoms with Crippen LogP contribution < -0.4 is 4.74 Å². The van der Waals surface area contributed by atoms with Gasteiger partial charge in [-0.3, -0.25) is 0 Å². The lowest BCUT2D eigenvalue weighted by Crippen LogP contribution is -2.04. The lowest BCUT2D eigenvalue weighted by Gasteiger charge is -2.06. The normalized spacial score (nSPS) is 11.2. The maximum atomic E-state index is 11.2. The van der Waals surface area contributed by atoms with E-state index in [4.69, 9.17) is 14.9 Å². The molecule has 0 bridgehead atoms. The number of hydrogen-bond donors (Lipinski definition) is 1. The molecule has 0 saturated carbocycles. The molecule has 0 spiro atoms. The first-order chi connectivity index (χ1) is 12.0. The number of nitrogens with zero attached hydrogens (tertiary/aromatic N) is 3. The SMILES string of the molecule is COc1ccc2c(Cc3cccc(C(=O)O)n3)c(CC(C)C)nn2c1. The van der Waals surface area contributed by atoms with E-state index in [1.165, 1.54) is 6.07 Å². The molecule has 0 amide bonds. The third kappa shape index (κ3) is 3.63. The van der Waals surface area contributed by atoms with Gasteiger partial charge in [0.2, 0.25) is 0 Å². The Hall–Kier alpha value is -2.89. The van der Waals surface area contributed by atoms with Gasteiger partial charge in [-0.2, -0.15) is 5.10 Å². The van der Waals surface area contributed by atoms with Crippen LogP contribution in [0.25, 0.3) is 5.52 Å². The van der Waals surface area contributed by atoms with Crippen molar-refractivity contribution in [2.45, 2.75) is 26.7 Å². The maximum absolute atomic E-state index is 11.2. The zero-order valence-corrected chi connectivity index (χ0v) is 14.6. The van der Waals surface area contributed by atoms with Crippen molar-refractivity contribution >= 4 is 11.5 Å². The summed E-state index contributed by atoms with van der Waals surface area (Å²) in [5, 5.41) is 13.9. The van der Waals surface area contributed by atoms with E-state index in [1.54, 1.807) is 13.2 Å². The smallest absolute Gasteiger partial charge is 0.354 e. The highest BCUT2D eigenvalue weighted by Gasteiger charge is 2.16. The minimum absolute atomic E-state index is 0.0565. The van der Waals surface area contributed by atoms with Gasteiger partial charge in [0.25, 0.3) is 0 Å². The number of methoxy groups -OCH3 is 1. The highest BCUT2D eigenvalue weighted by molar-refractivity contribution is 5.85. The fourth-order valence-electron chi connectivity index (χ4n) is 2.87. The summed E-state index contributed by atoms with van der Waals surface area (Å²) < 4.78 is 7.10. The van der Waals surface area contributed by atoms with E-state index in [0.717, 1.165) is 34.6 Å². The summed E-state index contributed by atoms with van der Waals surface area (Å²) in [4.78, 5) is 15.4. The van der Waals surface area contributed by atoms with Gasteiger partial charge in [-0.25, -0.2) is 14.3 Å². The molecular weight excluding hydrogens is 318 g/mol. The van der Waals surface area contributed by atoms with Crippen LogP contribution in [0.3, 0.4) is 0 Å². The molecule has 0 aliphatic heterocycles. The van der Waals surface area contributed by atoms with Crippen LogP contribution in [0.1, 0.15) is 41.3 Å². The van der Waals surface area contributed by atoms with Crippen LogP contribution >= 0.6 is 0 Å². The van der Waals surface area contributed by atoms with Crippen LogP contribution in [0.5, 0.6) is 5.75 Å². The van der Waals surface area contributed by atoms with Crippen LogP contribution in [0.4, 0.5) is 0 Å². The number of rotatable bonds is 6. The molecule has 6 heteroatoms. The second kappa shape index (κ2) is 6.93. The second-order valence-corrected chi connectivity index (χ2v) is 6.42. The summed E-state index contributed by atoms with van der Waals surface area (Å²) in [6, 6.07) is 8.95. The zero-order chi connectivity index (χ0) is 18.0. The minimum atomic E-state index is -1.02. The molecule has 0 aliphatic carbocycles. The highest BCUT2D eigenvalue weighted by atomic mass is 16.5. The molecule has 0 aliphatic rings. The number of carboxylic acid groups (broad SMARTS) is 1. The number of carbonyl (C=O) groups is 1. The van der Waals surface area contributed by atoms with E-state index in [0.29, 0.717) is 12.3 Å². The molecular formula is C19H21N3O3. The molecule has 0 aromatic carbocycles. The highest BCUT2D eigenvalue weighted by Crippen LogP contribution is 2.24. The third-order valence-corrected chi connectivity index (χ3v) is 4.01. The number of fused-ring (bicyclic) bond motifs is 1. The first-order valence-corrected chi connectivity index (χ1v) is 8.21. The summed E-state index contributed by atoms with van der Waals surface area (Å²) in [7, 11) is 1.63. The van der Waals surface area contributed by atoms with Crippen molar-refractivity contribution in [2.24, 2.45) is 5.92 Å². The Morgan fingerprint density at radius 2 is 2.08 bits per heavy atom. The van der Waals surface area contributed by atoms with E-state index in [-0.39, 0.29) is 5.69 Å². The summed E-state index contributed by atoms with van der Waals surface area (Å²) in [5.41, 5.74) is 3.84. The fourth-order valence-corrected chi connectivity index (χ4v) is 2.87. The molecule has 3 aromatic heterocycles. The van der Waals surface area contributed by atoms with E-state index < -0.39 is 5.97 Å². The average molecular weight is 339 g/mol. The average Bonchev–Trinajstić information content (AvgIpc) is 2.90. The zero-order valence-electron chi connectivity index (χ0n) is 14.6. The Kier molecular flexibility index (Phi) is 4.70. The lowest BCUT2D eigenvalue weighted by atomic mass is 10.0. The van der Waals surface area contributed by atoms with Crippen LogP contribution in [0.15, 0.2) is 36.5 Å². The van der Waals surface area contributed by atoms with E-state index in [9.17, 15) is 4.79 Å². The van der Waals surface area contributed by atoms with Crippen molar-refractivity contribution in [3.8, 4) is 5.75 Å². The Bertz CT molecular complexity index is 915. The molecule has 0 fully saturated rings. The fraction of sp³-hybridized carbons (Fsp3) is 0.316. The first kappa shape index (κ1) is 17.0. The molecule has 0 unspecified atom stereocenters. The van der Waals surface area contributed by atoms with Gasteiger partial charge in [-0.05, 0) is 36.6 Å². The van der Waals surface area contributed by atoms with Crippen molar-refractivity contribution in [1.82, 2.24) is 14.6 Å². The van der Waals surface area contributed by atoms with Gasteiger partial charge >= 0.3 is 5.97 Å². The Balaban J connectivity index is 2.06. The lowest BCUT2D eigenvalue weighted by molar-refractivity contribution is 0.0690. The van der Waals surface area contributed by atoms with Crippen LogP contribution in [0, 0.1) is 5.92 Å². The van der Waals surface area contributed by atoms with Gasteiger partial charge in [-0.15, -0.1) is 0 Å². The van der Waals surface area contributed by atoms with Crippen molar-refractivity contribution < 1.29 is 14.6 Å². The maximum Gasteiger partial charge on any atom is 0.354 e. The molecule has 6 nitrogen and oxygen atoms in total. The number of pyridine rings is 2. The van der Waals surface area contributed by atoms with E-state index in [1.807, 2.05) is 28.9 Å². The second-order valence-electron chi connectivity index (χ2n) is 6.42. The molecule has 0 radical (unpaired) electrons. The van der Waals surface area contributed by atoms with Crippen LogP contribution in [-0.4, -0.2) is 32.8 Å². The van der Waals surface area contributed by atoms with Gasteiger partial charge < -0.3 is 9.84 Å². The van der Waals surface area contributed by atoms with Gasteiger partial charge in [0.1, 0.15) is 11.4 Å². The Morgan fingerprint density at radius 3 is 2.76 bits per heavy atom.